The fourth-order valence-corrected chi connectivity index (χ4v) is 5.55. The fourth-order valence-electron chi connectivity index (χ4n) is 5.55. The summed E-state index contributed by atoms with van der Waals surface area (Å²) in [5.41, 5.74) is 8.21. The van der Waals surface area contributed by atoms with E-state index < -0.39 is 65.7 Å². The highest BCUT2D eigenvalue weighted by atomic mass is 16.4. The Labute approximate surface area is 304 Å². The minimum Gasteiger partial charge on any atom is -0.508 e. The Morgan fingerprint density at radius 3 is 1.42 bits per heavy atom. The van der Waals surface area contributed by atoms with Crippen LogP contribution in [0.4, 0.5) is 0 Å². The third kappa shape index (κ3) is 12.4. The van der Waals surface area contributed by atoms with Gasteiger partial charge in [-0.2, -0.15) is 0 Å². The average molecular weight is 718 g/mol. The van der Waals surface area contributed by atoms with Gasteiger partial charge in [0, 0.05) is 12.8 Å². The zero-order valence-corrected chi connectivity index (χ0v) is 30.0. The van der Waals surface area contributed by atoms with E-state index in [4.69, 9.17) is 5.73 Å². The van der Waals surface area contributed by atoms with Gasteiger partial charge in [0.15, 0.2) is 0 Å². The number of aromatic hydroxyl groups is 2. The topological polar surface area (TPSA) is 220 Å². The van der Waals surface area contributed by atoms with Crippen molar-refractivity contribution in [1.29, 1.82) is 0 Å². The smallest absolute Gasteiger partial charge is 0.326 e. The van der Waals surface area contributed by atoms with Crippen LogP contribution in [-0.2, 0) is 43.2 Å². The maximum Gasteiger partial charge on any atom is 0.326 e. The van der Waals surface area contributed by atoms with Gasteiger partial charge in [-0.3, -0.25) is 19.2 Å². The van der Waals surface area contributed by atoms with Gasteiger partial charge in [-0.05, 0) is 59.2 Å². The van der Waals surface area contributed by atoms with Crippen molar-refractivity contribution in [3.63, 3.8) is 0 Å². The Morgan fingerprint density at radius 2 is 0.962 bits per heavy atom. The van der Waals surface area contributed by atoms with Gasteiger partial charge >= 0.3 is 5.97 Å². The average Bonchev–Trinajstić information content (AvgIpc) is 3.13. The first-order valence-electron chi connectivity index (χ1n) is 17.5. The molecule has 52 heavy (non-hydrogen) atoms. The van der Waals surface area contributed by atoms with Crippen LogP contribution in [0.5, 0.6) is 11.5 Å². The van der Waals surface area contributed by atoms with E-state index in [0.29, 0.717) is 29.5 Å². The number of phenolic OH excluding ortho intramolecular Hbond substituents is 2. The third-order valence-electron chi connectivity index (χ3n) is 9.22. The van der Waals surface area contributed by atoms with Gasteiger partial charge in [-0.1, -0.05) is 95.1 Å². The zero-order valence-electron chi connectivity index (χ0n) is 30.0. The van der Waals surface area contributed by atoms with Crippen molar-refractivity contribution in [2.45, 2.75) is 90.0 Å². The number of hydrogen-bond acceptors (Lipinski definition) is 8. The molecule has 280 valence electrons. The Bertz CT molecular complexity index is 1630. The summed E-state index contributed by atoms with van der Waals surface area (Å²) in [6.07, 6.45) is 1.13. The molecule has 13 heteroatoms. The molecule has 3 aromatic rings. The van der Waals surface area contributed by atoms with Crippen molar-refractivity contribution in [1.82, 2.24) is 21.3 Å². The van der Waals surface area contributed by atoms with Gasteiger partial charge in [0.25, 0.3) is 0 Å². The minimum atomic E-state index is -1.26. The van der Waals surface area contributed by atoms with Crippen LogP contribution in [0.3, 0.4) is 0 Å². The number of carboxylic acid groups (broad SMARTS) is 1. The molecule has 3 rings (SSSR count). The lowest BCUT2D eigenvalue weighted by Crippen LogP contribution is -2.61. The summed E-state index contributed by atoms with van der Waals surface area (Å²) in [4.78, 5) is 66.9. The van der Waals surface area contributed by atoms with E-state index in [1.54, 1.807) is 68.4 Å². The predicted molar refractivity (Wildman–Crippen MR) is 196 cm³/mol. The van der Waals surface area contributed by atoms with Crippen LogP contribution in [0.2, 0.25) is 0 Å². The van der Waals surface area contributed by atoms with Crippen LogP contribution in [0, 0.1) is 11.8 Å². The molecule has 0 heterocycles. The molecule has 0 aliphatic carbocycles. The van der Waals surface area contributed by atoms with Crippen molar-refractivity contribution in [2.24, 2.45) is 17.6 Å². The number of carboxylic acids is 1. The maximum absolute atomic E-state index is 14.0. The summed E-state index contributed by atoms with van der Waals surface area (Å²) in [6, 6.07) is 15.5. The highest BCUT2D eigenvalue weighted by Crippen LogP contribution is 2.16. The quantitative estimate of drug-likeness (QED) is 0.0912. The molecule has 9 N–H and O–H groups in total. The second kappa shape index (κ2) is 19.8. The van der Waals surface area contributed by atoms with Gasteiger partial charge < -0.3 is 42.3 Å². The predicted octanol–water partition coefficient (Wildman–Crippen LogP) is 2.57. The van der Waals surface area contributed by atoms with Crippen LogP contribution in [0.15, 0.2) is 78.9 Å². The van der Waals surface area contributed by atoms with Crippen molar-refractivity contribution < 1.29 is 39.3 Å². The highest BCUT2D eigenvalue weighted by molar-refractivity contribution is 5.95. The van der Waals surface area contributed by atoms with Gasteiger partial charge in [0.2, 0.25) is 23.6 Å². The minimum absolute atomic E-state index is 0.00831. The SMILES string of the molecule is CC[C@H](C)[C@H](NC(=O)[C@H](Cc1ccc(O)cc1)NC(=O)[C@@H](NC(=O)[C@@H](N)Cc1ccc(O)cc1)[C@@H](C)CC)C(=O)N[C@@H](Cc1ccccc1)C(=O)O. The summed E-state index contributed by atoms with van der Waals surface area (Å²) in [7, 11) is 0. The second-order valence-electron chi connectivity index (χ2n) is 13.2. The fraction of sp³-hybridized carbons (Fsp3) is 0.410. The highest BCUT2D eigenvalue weighted by Gasteiger charge is 2.35. The first kappa shape index (κ1) is 41.0. The van der Waals surface area contributed by atoms with E-state index in [-0.39, 0.29) is 36.7 Å². The summed E-state index contributed by atoms with van der Waals surface area (Å²) in [5, 5.41) is 40.1. The molecular weight excluding hydrogens is 666 g/mol. The van der Waals surface area contributed by atoms with Crippen molar-refractivity contribution >= 4 is 29.6 Å². The number of carbonyl (C=O) groups excluding carboxylic acids is 4. The number of benzene rings is 3. The summed E-state index contributed by atoms with van der Waals surface area (Å²) >= 11 is 0. The van der Waals surface area contributed by atoms with E-state index in [0.717, 1.165) is 0 Å². The largest absolute Gasteiger partial charge is 0.508 e. The number of hydrogen-bond donors (Lipinski definition) is 8. The van der Waals surface area contributed by atoms with E-state index in [9.17, 15) is 39.3 Å². The Balaban J connectivity index is 1.84. The van der Waals surface area contributed by atoms with E-state index in [1.165, 1.54) is 24.3 Å². The molecule has 0 saturated heterocycles. The Hall–Kier alpha value is -5.43. The summed E-state index contributed by atoms with van der Waals surface area (Å²) in [6.45, 7) is 7.21. The number of aliphatic carboxylic acids is 1. The zero-order chi connectivity index (χ0) is 38.4. The van der Waals surface area contributed by atoms with Gasteiger partial charge in [-0.25, -0.2) is 4.79 Å². The molecule has 13 nitrogen and oxygen atoms in total. The van der Waals surface area contributed by atoms with Crippen LogP contribution in [0.1, 0.15) is 57.2 Å². The van der Waals surface area contributed by atoms with Gasteiger partial charge in [0.05, 0.1) is 6.04 Å². The molecule has 0 saturated carbocycles. The molecule has 0 fully saturated rings. The van der Waals surface area contributed by atoms with Crippen LogP contribution < -0.4 is 27.0 Å². The van der Waals surface area contributed by atoms with E-state index >= 15 is 0 Å². The lowest BCUT2D eigenvalue weighted by molar-refractivity contribution is -0.142. The molecule has 0 aromatic heterocycles. The molecule has 0 aliphatic rings. The second-order valence-corrected chi connectivity index (χ2v) is 13.2. The van der Waals surface area contributed by atoms with Crippen LogP contribution >= 0.6 is 0 Å². The molecule has 0 radical (unpaired) electrons. The molecule has 0 bridgehead atoms. The van der Waals surface area contributed by atoms with Crippen LogP contribution in [-0.4, -0.2) is 75.1 Å². The number of carbonyl (C=O) groups is 5. The van der Waals surface area contributed by atoms with Gasteiger partial charge in [0.1, 0.15) is 35.7 Å². The lowest BCUT2D eigenvalue weighted by Gasteiger charge is -2.30. The van der Waals surface area contributed by atoms with Gasteiger partial charge in [-0.15, -0.1) is 0 Å². The van der Waals surface area contributed by atoms with Crippen molar-refractivity contribution in [3.8, 4) is 11.5 Å². The number of nitrogens with two attached hydrogens (primary N) is 1. The van der Waals surface area contributed by atoms with E-state index in [1.807, 2.05) is 13.8 Å². The monoisotopic (exact) mass is 717 g/mol. The standard InChI is InChI=1S/C39H51N5O8/c1-5-23(3)33(43-35(47)30(40)20-26-12-16-28(45)17-13-26)37(49)41-31(21-27-14-18-29(46)19-15-27)36(48)44-34(24(4)6-2)38(50)42-32(39(51)52)22-25-10-8-7-9-11-25/h7-19,23-24,30-34,45-46H,5-6,20-22,40H2,1-4H3,(H,41,49)(H,42,50)(H,43,47)(H,44,48)(H,51,52)/t23-,24-,30-,31-,32-,33-,34-/m0/s1. The molecule has 4 amide bonds. The maximum atomic E-state index is 14.0. The molecular formula is C39H51N5O8. The number of nitrogens with one attached hydrogen (secondary N) is 4. The Kier molecular flexibility index (Phi) is 15.6. The number of amides is 4. The van der Waals surface area contributed by atoms with Crippen molar-refractivity contribution in [3.05, 3.63) is 95.6 Å². The number of phenols is 2. The summed E-state index contributed by atoms with van der Waals surface area (Å²) < 4.78 is 0. The Morgan fingerprint density at radius 1 is 0.558 bits per heavy atom. The molecule has 3 aromatic carbocycles. The first-order chi connectivity index (χ1) is 24.7. The molecule has 0 aliphatic heterocycles. The summed E-state index contributed by atoms with van der Waals surface area (Å²) in [5.74, 6) is -4.53. The third-order valence-corrected chi connectivity index (χ3v) is 9.22. The lowest BCUT2D eigenvalue weighted by atomic mass is 9.95. The molecule has 7 atom stereocenters. The van der Waals surface area contributed by atoms with Crippen molar-refractivity contribution in [2.75, 3.05) is 0 Å². The molecule has 0 spiro atoms. The van der Waals surface area contributed by atoms with Crippen LogP contribution in [0.25, 0.3) is 0 Å². The molecule has 0 unspecified atom stereocenters. The first-order valence-corrected chi connectivity index (χ1v) is 17.5. The van der Waals surface area contributed by atoms with E-state index in [2.05, 4.69) is 21.3 Å². The number of rotatable bonds is 19. The normalized spacial score (nSPS) is 15.1.